The van der Waals surface area contributed by atoms with E-state index in [1.54, 1.807) is 12.1 Å². The van der Waals surface area contributed by atoms with E-state index in [-0.39, 0.29) is 5.82 Å². The van der Waals surface area contributed by atoms with Crippen molar-refractivity contribution >= 4 is 5.69 Å². The van der Waals surface area contributed by atoms with Crippen LogP contribution in [-0.2, 0) is 0 Å². The molecule has 1 fully saturated rings. The Bertz CT molecular complexity index is 367. The van der Waals surface area contributed by atoms with Crippen molar-refractivity contribution in [3.8, 4) is 0 Å². The molecule has 0 aromatic heterocycles. The van der Waals surface area contributed by atoms with Gasteiger partial charge in [-0.1, -0.05) is 13.0 Å². The van der Waals surface area contributed by atoms with Crippen LogP contribution in [0.5, 0.6) is 0 Å². The minimum absolute atomic E-state index is 0.155. The summed E-state index contributed by atoms with van der Waals surface area (Å²) in [6.45, 7) is 7.42. The Morgan fingerprint density at radius 3 is 2.94 bits per heavy atom. The molecule has 0 aliphatic carbocycles. The lowest BCUT2D eigenvalue weighted by molar-refractivity contribution is 0.332. The predicted molar refractivity (Wildman–Crippen MR) is 69.9 cm³/mol. The first-order valence-corrected chi connectivity index (χ1v) is 6.45. The third-order valence-electron chi connectivity index (χ3n) is 3.67. The Morgan fingerprint density at radius 2 is 2.29 bits per heavy atom. The molecule has 2 atom stereocenters. The van der Waals surface area contributed by atoms with Crippen molar-refractivity contribution in [1.29, 1.82) is 0 Å². The van der Waals surface area contributed by atoms with Gasteiger partial charge in [-0.25, -0.2) is 4.39 Å². The standard InChI is InChI=1S/C14H21FN2/c1-3-17(13-6-4-5-12(15)9-13)14-10-16-8-7-11(14)2/h4-6,9,11,14,16H,3,7-8,10H2,1-2H3. The van der Waals surface area contributed by atoms with E-state index in [4.69, 9.17) is 0 Å². The maximum atomic E-state index is 13.3. The molecular formula is C14H21FN2. The molecule has 2 nitrogen and oxygen atoms in total. The van der Waals surface area contributed by atoms with Gasteiger partial charge in [-0.3, -0.25) is 0 Å². The van der Waals surface area contributed by atoms with Gasteiger partial charge in [0.1, 0.15) is 5.82 Å². The molecule has 17 heavy (non-hydrogen) atoms. The Kier molecular flexibility index (Phi) is 4.00. The number of piperidine rings is 1. The highest BCUT2D eigenvalue weighted by atomic mass is 19.1. The summed E-state index contributed by atoms with van der Waals surface area (Å²) in [5.74, 6) is 0.497. The molecule has 0 amide bonds. The van der Waals surface area contributed by atoms with Gasteiger partial charge in [-0.2, -0.15) is 0 Å². The van der Waals surface area contributed by atoms with Crippen molar-refractivity contribution in [2.24, 2.45) is 5.92 Å². The molecule has 0 bridgehead atoms. The molecule has 3 heteroatoms. The zero-order valence-electron chi connectivity index (χ0n) is 10.6. The van der Waals surface area contributed by atoms with Crippen LogP contribution in [-0.4, -0.2) is 25.7 Å². The van der Waals surface area contributed by atoms with Crippen LogP contribution in [0.1, 0.15) is 20.3 Å². The number of benzene rings is 1. The van der Waals surface area contributed by atoms with E-state index in [0.29, 0.717) is 12.0 Å². The molecule has 1 aromatic rings. The molecule has 1 heterocycles. The molecule has 0 spiro atoms. The van der Waals surface area contributed by atoms with Gasteiger partial charge < -0.3 is 10.2 Å². The average molecular weight is 236 g/mol. The normalized spacial score (nSPS) is 24.6. The smallest absolute Gasteiger partial charge is 0.125 e. The van der Waals surface area contributed by atoms with Crippen LogP contribution in [0.25, 0.3) is 0 Å². The van der Waals surface area contributed by atoms with Gasteiger partial charge in [0.25, 0.3) is 0 Å². The van der Waals surface area contributed by atoms with E-state index in [1.165, 1.54) is 12.5 Å². The minimum Gasteiger partial charge on any atom is -0.367 e. The Balaban J connectivity index is 2.20. The fourth-order valence-corrected chi connectivity index (χ4v) is 2.65. The first kappa shape index (κ1) is 12.4. The minimum atomic E-state index is -0.155. The van der Waals surface area contributed by atoms with Gasteiger partial charge in [0.2, 0.25) is 0 Å². The second kappa shape index (κ2) is 5.50. The number of rotatable bonds is 3. The summed E-state index contributed by atoms with van der Waals surface area (Å²) >= 11 is 0. The summed E-state index contributed by atoms with van der Waals surface area (Å²) in [6.07, 6.45) is 1.19. The molecule has 2 rings (SSSR count). The van der Waals surface area contributed by atoms with Crippen LogP contribution in [0.4, 0.5) is 10.1 Å². The lowest BCUT2D eigenvalue weighted by Gasteiger charge is -2.40. The lowest BCUT2D eigenvalue weighted by atomic mass is 9.93. The molecule has 2 unspecified atom stereocenters. The second-order valence-electron chi connectivity index (χ2n) is 4.80. The van der Waals surface area contributed by atoms with Gasteiger partial charge in [0.15, 0.2) is 0 Å². The number of nitrogens with zero attached hydrogens (tertiary/aromatic N) is 1. The summed E-state index contributed by atoms with van der Waals surface area (Å²) in [5.41, 5.74) is 0.994. The highest BCUT2D eigenvalue weighted by Crippen LogP contribution is 2.24. The summed E-state index contributed by atoms with van der Waals surface area (Å²) in [4.78, 5) is 2.31. The Morgan fingerprint density at radius 1 is 1.47 bits per heavy atom. The second-order valence-corrected chi connectivity index (χ2v) is 4.80. The Labute approximate surface area is 103 Å². The first-order valence-electron chi connectivity index (χ1n) is 6.45. The first-order chi connectivity index (χ1) is 8.22. The monoisotopic (exact) mass is 236 g/mol. The van der Waals surface area contributed by atoms with Gasteiger partial charge in [0.05, 0.1) is 0 Å². The van der Waals surface area contributed by atoms with E-state index in [0.717, 1.165) is 25.3 Å². The number of likely N-dealkylation sites (N-methyl/N-ethyl adjacent to an activating group) is 1. The number of halogens is 1. The van der Waals surface area contributed by atoms with Crippen LogP contribution in [0.3, 0.4) is 0 Å². The molecule has 0 saturated carbocycles. The summed E-state index contributed by atoms with van der Waals surface area (Å²) in [5, 5.41) is 3.43. The lowest BCUT2D eigenvalue weighted by Crippen LogP contribution is -2.50. The molecule has 1 N–H and O–H groups in total. The van der Waals surface area contributed by atoms with Crippen LogP contribution in [0.2, 0.25) is 0 Å². The number of hydrogen-bond donors (Lipinski definition) is 1. The van der Waals surface area contributed by atoms with Crippen LogP contribution in [0, 0.1) is 11.7 Å². The van der Waals surface area contributed by atoms with Gasteiger partial charge >= 0.3 is 0 Å². The Hall–Kier alpha value is -1.09. The third kappa shape index (κ3) is 2.78. The van der Waals surface area contributed by atoms with Gasteiger partial charge in [0, 0.05) is 24.8 Å². The molecule has 1 aliphatic heterocycles. The number of nitrogens with one attached hydrogen (secondary N) is 1. The predicted octanol–water partition coefficient (Wildman–Crippen LogP) is 2.65. The van der Waals surface area contributed by atoms with E-state index in [1.807, 2.05) is 6.07 Å². The quantitative estimate of drug-likeness (QED) is 0.868. The molecule has 94 valence electrons. The van der Waals surface area contributed by atoms with Crippen molar-refractivity contribution < 1.29 is 4.39 Å². The molecule has 1 aromatic carbocycles. The molecular weight excluding hydrogens is 215 g/mol. The maximum absolute atomic E-state index is 13.3. The SMILES string of the molecule is CCN(c1cccc(F)c1)C1CNCCC1C. The van der Waals surface area contributed by atoms with Gasteiger partial charge in [-0.15, -0.1) is 0 Å². The fourth-order valence-electron chi connectivity index (χ4n) is 2.65. The largest absolute Gasteiger partial charge is 0.367 e. The van der Waals surface area contributed by atoms with E-state index < -0.39 is 0 Å². The van der Waals surface area contributed by atoms with Gasteiger partial charge in [-0.05, 0) is 44.0 Å². The molecule has 1 aliphatic rings. The van der Waals surface area contributed by atoms with Crippen molar-refractivity contribution in [2.75, 3.05) is 24.5 Å². The highest BCUT2D eigenvalue weighted by Gasteiger charge is 2.26. The summed E-state index contributed by atoms with van der Waals surface area (Å²) < 4.78 is 13.3. The third-order valence-corrected chi connectivity index (χ3v) is 3.67. The average Bonchev–Trinajstić information content (AvgIpc) is 2.33. The fraction of sp³-hybridized carbons (Fsp3) is 0.571. The van der Waals surface area contributed by atoms with Crippen LogP contribution in [0.15, 0.2) is 24.3 Å². The zero-order chi connectivity index (χ0) is 12.3. The van der Waals surface area contributed by atoms with E-state index in [2.05, 4.69) is 24.1 Å². The molecule has 1 saturated heterocycles. The van der Waals surface area contributed by atoms with E-state index >= 15 is 0 Å². The summed E-state index contributed by atoms with van der Waals surface area (Å²) in [7, 11) is 0. The van der Waals surface area contributed by atoms with Crippen LogP contribution >= 0.6 is 0 Å². The van der Waals surface area contributed by atoms with E-state index in [9.17, 15) is 4.39 Å². The van der Waals surface area contributed by atoms with Crippen molar-refractivity contribution in [3.63, 3.8) is 0 Å². The summed E-state index contributed by atoms with van der Waals surface area (Å²) in [6, 6.07) is 7.38. The van der Waals surface area contributed by atoms with Crippen LogP contribution < -0.4 is 10.2 Å². The highest BCUT2D eigenvalue weighted by molar-refractivity contribution is 5.47. The number of hydrogen-bond acceptors (Lipinski definition) is 2. The van der Waals surface area contributed by atoms with Crippen molar-refractivity contribution in [2.45, 2.75) is 26.3 Å². The maximum Gasteiger partial charge on any atom is 0.125 e. The number of anilines is 1. The zero-order valence-corrected chi connectivity index (χ0v) is 10.6. The molecule has 0 radical (unpaired) electrons. The van der Waals surface area contributed by atoms with Crippen molar-refractivity contribution in [1.82, 2.24) is 5.32 Å². The van der Waals surface area contributed by atoms with Crippen molar-refractivity contribution in [3.05, 3.63) is 30.1 Å². The topological polar surface area (TPSA) is 15.3 Å².